The normalized spacial score (nSPS) is 27.1. The smallest absolute Gasteiger partial charge is 0.409 e. The molecule has 3 aliphatic heterocycles. The Morgan fingerprint density at radius 3 is 2.47 bits per heavy atom. The van der Waals surface area contributed by atoms with Crippen molar-refractivity contribution in [3.63, 3.8) is 0 Å². The Bertz CT molecular complexity index is 2160. The average Bonchev–Trinajstić information content (AvgIpc) is 3.99. The number of allylic oxidation sites excluding steroid dienone is 3. The Kier molecular flexibility index (Phi) is 21.3. The second kappa shape index (κ2) is 25.5. The van der Waals surface area contributed by atoms with Crippen molar-refractivity contribution in [2.24, 2.45) is 11.8 Å². The van der Waals surface area contributed by atoms with Crippen LogP contribution in [0.3, 0.4) is 0 Å². The van der Waals surface area contributed by atoms with Gasteiger partial charge >= 0.3 is 18.0 Å². The third-order valence-corrected chi connectivity index (χ3v) is 17.2. The topological polar surface area (TPSA) is 231 Å². The van der Waals surface area contributed by atoms with E-state index in [9.17, 15) is 38.7 Å². The van der Waals surface area contributed by atoms with Gasteiger partial charge in [-0.1, -0.05) is 76.9 Å². The molecule has 0 spiro atoms. The van der Waals surface area contributed by atoms with Gasteiger partial charge in [0.15, 0.2) is 5.72 Å². The number of amides is 4. The van der Waals surface area contributed by atoms with Gasteiger partial charge in [-0.05, 0) is 84.4 Å². The molecule has 0 aliphatic carbocycles. The van der Waals surface area contributed by atoms with Crippen LogP contribution in [0.25, 0.3) is 0 Å². The van der Waals surface area contributed by atoms with E-state index in [1.807, 2.05) is 45.9 Å². The van der Waals surface area contributed by atoms with E-state index in [0.717, 1.165) is 22.5 Å². The number of likely N-dealkylation sites (N-methyl/N-ethyl adjacent to an activating group) is 1. The number of Topliss-reactive ketones (excluding diaryl/α,β-unsaturated/α-hetero) is 1. The molecule has 4 bridgehead atoms. The van der Waals surface area contributed by atoms with Crippen LogP contribution in [0.15, 0.2) is 35.9 Å². The van der Waals surface area contributed by atoms with Crippen LogP contribution in [0.1, 0.15) is 117 Å². The van der Waals surface area contributed by atoms with E-state index in [0.29, 0.717) is 55.8 Å². The zero-order chi connectivity index (χ0) is 52.3. The summed E-state index contributed by atoms with van der Waals surface area (Å²) in [6.07, 6.45) is 3.31. The Morgan fingerprint density at radius 1 is 1.11 bits per heavy atom. The fourth-order valence-electron chi connectivity index (χ4n) is 8.49. The van der Waals surface area contributed by atoms with Crippen molar-refractivity contribution in [3.05, 3.63) is 52.1 Å². The summed E-state index contributed by atoms with van der Waals surface area (Å²) in [7, 11) is 7.80. The summed E-state index contributed by atoms with van der Waals surface area (Å²) in [5, 5.41) is 26.4. The number of epoxide rings is 1. The highest BCUT2D eigenvalue weighted by atomic mass is 35.5. The molecule has 4 amide bonds. The Labute approximate surface area is 425 Å². The number of ether oxygens (including phenoxy) is 4. The first-order chi connectivity index (χ1) is 32.7. The molecule has 4 N–H and O–H groups in total. The van der Waals surface area contributed by atoms with E-state index in [1.54, 1.807) is 61.6 Å². The lowest BCUT2D eigenvalue weighted by Gasteiger charge is -2.42. The Hall–Kier alpha value is -4.14. The highest BCUT2D eigenvalue weighted by molar-refractivity contribution is 8.77. The van der Waals surface area contributed by atoms with Gasteiger partial charge in [0.25, 0.3) is 0 Å². The number of alkyl carbamates (subject to hydrolysis) is 1. The number of anilines is 1. The molecule has 1 aromatic carbocycles. The quantitative estimate of drug-likeness (QED) is 0.0441. The number of carboxylic acids is 1. The molecule has 0 aromatic heterocycles. The highest BCUT2D eigenvalue weighted by Crippen LogP contribution is 2.49. The minimum Gasteiger partial charge on any atom is -0.481 e. The lowest BCUT2D eigenvalue weighted by Crippen LogP contribution is -2.63. The van der Waals surface area contributed by atoms with E-state index in [4.69, 9.17) is 35.7 Å². The number of benzene rings is 1. The first kappa shape index (κ1) is 58.4. The molecule has 17 nitrogen and oxygen atoms in total. The fourth-order valence-corrected chi connectivity index (χ4v) is 11.4. The number of ketones is 1. The summed E-state index contributed by atoms with van der Waals surface area (Å²) in [5.74, 6) is -3.35. The molecule has 3 aliphatic rings. The van der Waals surface area contributed by atoms with E-state index < -0.39 is 77.6 Å². The molecule has 0 saturated carbocycles. The van der Waals surface area contributed by atoms with Crippen molar-refractivity contribution in [1.29, 1.82) is 0 Å². The number of aliphatic carboxylic acids is 1. The second-order valence-electron chi connectivity index (χ2n) is 19.7. The van der Waals surface area contributed by atoms with Crippen LogP contribution < -0.4 is 15.5 Å². The van der Waals surface area contributed by atoms with E-state index in [-0.39, 0.29) is 48.0 Å². The maximum absolute atomic E-state index is 14.3. The predicted molar refractivity (Wildman–Crippen MR) is 270 cm³/mol. The minimum absolute atomic E-state index is 0.0682. The second-order valence-corrected chi connectivity index (χ2v) is 23.2. The molecule has 1 unspecified atom stereocenters. The molecule has 1 aromatic rings. The summed E-state index contributed by atoms with van der Waals surface area (Å²) in [6.45, 7) is 14.7. The number of esters is 1. The maximum atomic E-state index is 14.3. The molecular weight excluding hydrogens is 964 g/mol. The molecule has 70 heavy (non-hydrogen) atoms. The van der Waals surface area contributed by atoms with Crippen molar-refractivity contribution >= 4 is 80.4 Å². The van der Waals surface area contributed by atoms with Gasteiger partial charge in [-0.3, -0.25) is 29.3 Å². The summed E-state index contributed by atoms with van der Waals surface area (Å²) >= 11 is 6.83. The van der Waals surface area contributed by atoms with E-state index in [2.05, 4.69) is 10.6 Å². The number of rotatable bonds is 20. The van der Waals surface area contributed by atoms with Crippen LogP contribution >= 0.6 is 33.2 Å². The van der Waals surface area contributed by atoms with Crippen molar-refractivity contribution < 1.29 is 62.7 Å². The number of nitrogens with one attached hydrogen (secondary N) is 2. The van der Waals surface area contributed by atoms with Gasteiger partial charge in [-0.2, -0.15) is 0 Å². The number of aryl methyl sites for hydroxylation is 1. The number of nitrogens with zero attached hydrogens (tertiary/aromatic N) is 2. The van der Waals surface area contributed by atoms with Gasteiger partial charge in [0.05, 0.1) is 29.2 Å². The molecule has 3 heterocycles. The lowest BCUT2D eigenvalue weighted by atomic mass is 9.83. The third kappa shape index (κ3) is 16.2. The number of methoxy groups -OCH3 is 1. The zero-order valence-corrected chi connectivity index (χ0v) is 44.8. The fraction of sp³-hybridized carbons (Fsp3) is 0.660. The summed E-state index contributed by atoms with van der Waals surface area (Å²) < 4.78 is 23.6. The lowest BCUT2D eigenvalue weighted by molar-refractivity contribution is -0.162. The van der Waals surface area contributed by atoms with Gasteiger partial charge in [-0.15, -0.1) is 0 Å². The Morgan fingerprint density at radius 2 is 1.80 bits per heavy atom. The molecule has 0 radical (unpaired) electrons. The molecule has 9 atom stereocenters. The monoisotopic (exact) mass is 1040 g/mol. The molecule has 4 rings (SSSR count). The number of hydrogen-bond acceptors (Lipinski definition) is 14. The molecule has 390 valence electrons. The largest absolute Gasteiger partial charge is 0.481 e. The molecule has 2 saturated heterocycles. The SMILES string of the molecule is CO[C@@H]1/C=C/C=C(\C)Cc2cc(C)c(Cl)c(c2)N(C)C(=O)C[C@H](OC(=O)[C@H](C)N(C)C(=O)CCC(C)(C)SSCCCC(=O)CCCNC(=O)CC(C)C(=O)O)[C@]2(C)O[C@H]2[C@H](C)[C@@H]2C[C@@]1(O)NC(=O)O2. The first-order valence-electron chi connectivity index (χ1n) is 23.8. The molecule has 2 fully saturated rings. The van der Waals surface area contributed by atoms with Crippen LogP contribution in [0, 0.1) is 18.8 Å². The number of aliphatic hydroxyl groups is 1. The predicted octanol–water partition coefficient (Wildman–Crippen LogP) is 7.11. The average molecular weight is 1040 g/mol. The standard InChI is InChI=1S/C50H73ClN4O13S2/c1-29-15-12-18-38(65-11)50(64)28-37(66-47(63)53-50)32(4)44-49(8,68-44)39(27-42(59)55(10)36-26-34(23-29)24-30(2)43(36)51)67-46(62)33(5)54(9)41(58)19-20-48(6,7)70-69-22-14-17-35(56)16-13-21-52-40(57)25-31(3)45(60)61/h12,15,18,24,26,31-33,37-39,44,64H,13-14,16-17,19-23,25,27-28H2,1-11H3,(H,52,57)(H,53,63)(H,60,61)/b18-12+,29-15+/t31?,32-,33+,37+,38-,39+,44+,49+,50+/m1/s1. The van der Waals surface area contributed by atoms with Crippen LogP contribution in [-0.4, -0.2) is 137 Å². The van der Waals surface area contributed by atoms with Crippen LogP contribution in [0.4, 0.5) is 10.5 Å². The van der Waals surface area contributed by atoms with Gasteiger partial charge < -0.3 is 44.3 Å². The number of fused-ring (bicyclic) bond motifs is 5. The zero-order valence-electron chi connectivity index (χ0n) is 42.4. The first-order valence-corrected chi connectivity index (χ1v) is 26.5. The third-order valence-electron chi connectivity index (χ3n) is 13.3. The number of carbonyl (C=O) groups excluding carboxylic acids is 6. The maximum Gasteiger partial charge on any atom is 0.409 e. The highest BCUT2D eigenvalue weighted by Gasteiger charge is 2.64. The van der Waals surface area contributed by atoms with Crippen molar-refractivity contribution in [2.75, 3.05) is 38.4 Å². The van der Waals surface area contributed by atoms with Gasteiger partial charge in [0.2, 0.25) is 17.7 Å². The minimum atomic E-state index is -1.85. The van der Waals surface area contributed by atoms with Gasteiger partial charge in [0.1, 0.15) is 35.7 Å². The molecule has 20 heteroatoms. The van der Waals surface area contributed by atoms with Crippen LogP contribution in [0.5, 0.6) is 0 Å². The van der Waals surface area contributed by atoms with E-state index in [1.165, 1.54) is 30.9 Å². The molecular formula is C50H73ClN4O13S2. The van der Waals surface area contributed by atoms with Crippen molar-refractivity contribution in [2.45, 2.75) is 166 Å². The number of carboxylic acid groups (broad SMARTS) is 1. The number of carbonyl (C=O) groups is 7. The van der Waals surface area contributed by atoms with Gasteiger partial charge in [-0.25, -0.2) is 9.59 Å². The summed E-state index contributed by atoms with van der Waals surface area (Å²) in [5.41, 5.74) is -0.0129. The number of halogens is 1. The van der Waals surface area contributed by atoms with Crippen LogP contribution in [0.2, 0.25) is 5.02 Å². The Balaban J connectivity index is 1.40. The number of hydrogen-bond donors (Lipinski definition) is 4. The van der Waals surface area contributed by atoms with Crippen molar-refractivity contribution in [3.8, 4) is 0 Å². The van der Waals surface area contributed by atoms with Gasteiger partial charge in [0, 0.05) is 76.3 Å². The summed E-state index contributed by atoms with van der Waals surface area (Å²) in [4.78, 5) is 92.9. The summed E-state index contributed by atoms with van der Waals surface area (Å²) in [6, 6.07) is 2.75. The van der Waals surface area contributed by atoms with E-state index >= 15 is 0 Å². The van der Waals surface area contributed by atoms with Crippen molar-refractivity contribution in [1.82, 2.24) is 15.5 Å². The van der Waals surface area contributed by atoms with Crippen LogP contribution in [-0.2, 0) is 54.1 Å².